The topological polar surface area (TPSA) is 146 Å². The Morgan fingerprint density at radius 2 is 0.917 bits per heavy atom. The number of rotatable bonds is 0. The molecular formula is C4H15Cl3O5. The van der Waals surface area contributed by atoms with E-state index >= 15 is 0 Å². The Hall–Kier alpha value is 0.670. The van der Waals surface area contributed by atoms with Crippen LogP contribution in [0.25, 0.3) is 0 Å². The van der Waals surface area contributed by atoms with E-state index in [0.29, 0.717) is 0 Å². The Kier molecular flexibility index (Phi) is 20.2. The van der Waals surface area contributed by atoms with Crippen molar-refractivity contribution < 1.29 is 27.0 Å². The number of hydrogen-bond donors (Lipinski definition) is 1. The second-order valence-corrected chi connectivity index (χ2v) is 4.34. The van der Waals surface area contributed by atoms with Gasteiger partial charge in [-0.2, -0.15) is 0 Å². The summed E-state index contributed by atoms with van der Waals surface area (Å²) in [6, 6.07) is 0. The summed E-state index contributed by atoms with van der Waals surface area (Å²) in [5.74, 6) is 0. The van der Waals surface area contributed by atoms with Crippen molar-refractivity contribution in [2.45, 2.75) is 23.2 Å². The smallest absolute Gasteiger partial charge is 0.218 e. The van der Waals surface area contributed by atoms with Gasteiger partial charge in [0.15, 0.2) is 0 Å². The molecule has 0 spiro atoms. The molecule has 0 aliphatic heterocycles. The standard InChI is InChI=1S/C4H7Cl3O.4H2O/c1-3(2,8)4(5,6)7;;;;/h8H,1-2H3;4*1H2. The van der Waals surface area contributed by atoms with Crippen molar-refractivity contribution in [3.63, 3.8) is 0 Å². The van der Waals surface area contributed by atoms with Crippen molar-refractivity contribution in [1.29, 1.82) is 0 Å². The van der Waals surface area contributed by atoms with Crippen LogP contribution in [0, 0.1) is 0 Å². The Morgan fingerprint density at radius 1 is 0.833 bits per heavy atom. The molecule has 0 atom stereocenters. The van der Waals surface area contributed by atoms with Gasteiger partial charge in [0.1, 0.15) is 5.60 Å². The highest BCUT2D eigenvalue weighted by Crippen LogP contribution is 2.37. The van der Waals surface area contributed by atoms with Gasteiger partial charge in [-0.3, -0.25) is 0 Å². The second kappa shape index (κ2) is 8.28. The van der Waals surface area contributed by atoms with Crippen molar-refractivity contribution in [3.05, 3.63) is 0 Å². The highest BCUT2D eigenvalue weighted by Gasteiger charge is 2.38. The maximum Gasteiger partial charge on any atom is 0.218 e. The van der Waals surface area contributed by atoms with E-state index in [1.54, 1.807) is 0 Å². The maximum atomic E-state index is 8.96. The average molecular weight is 250 g/mol. The van der Waals surface area contributed by atoms with Crippen LogP contribution >= 0.6 is 34.8 Å². The van der Waals surface area contributed by atoms with Crippen LogP contribution in [0.5, 0.6) is 0 Å². The minimum absolute atomic E-state index is 0. The molecule has 0 aromatic carbocycles. The molecule has 5 nitrogen and oxygen atoms in total. The van der Waals surface area contributed by atoms with Gasteiger partial charge in [-0.15, -0.1) is 0 Å². The fraction of sp³-hybridized carbons (Fsp3) is 1.00. The molecule has 0 radical (unpaired) electrons. The van der Waals surface area contributed by atoms with E-state index < -0.39 is 9.39 Å². The molecule has 0 unspecified atom stereocenters. The molecule has 82 valence electrons. The number of hydrogen-bond acceptors (Lipinski definition) is 1. The van der Waals surface area contributed by atoms with Gasteiger partial charge < -0.3 is 27.0 Å². The van der Waals surface area contributed by atoms with Gasteiger partial charge in [-0.1, -0.05) is 34.8 Å². The van der Waals surface area contributed by atoms with E-state index in [-0.39, 0.29) is 21.9 Å². The van der Waals surface area contributed by atoms with Crippen molar-refractivity contribution in [3.8, 4) is 0 Å². The highest BCUT2D eigenvalue weighted by molar-refractivity contribution is 6.68. The lowest BCUT2D eigenvalue weighted by molar-refractivity contribution is 0.0847. The van der Waals surface area contributed by atoms with Crippen molar-refractivity contribution in [2.75, 3.05) is 0 Å². The summed E-state index contributed by atoms with van der Waals surface area (Å²) in [6.45, 7) is 2.86. The van der Waals surface area contributed by atoms with Gasteiger partial charge in [-0.25, -0.2) is 0 Å². The quantitative estimate of drug-likeness (QED) is 0.529. The van der Waals surface area contributed by atoms with Crippen LogP contribution < -0.4 is 0 Å². The molecule has 0 heterocycles. The Bertz CT molecular complexity index is 73.7. The van der Waals surface area contributed by atoms with Gasteiger partial charge in [0.25, 0.3) is 0 Å². The van der Waals surface area contributed by atoms with E-state index in [1.807, 2.05) is 0 Å². The first-order valence-electron chi connectivity index (χ1n) is 2.04. The minimum atomic E-state index is -1.59. The summed E-state index contributed by atoms with van der Waals surface area (Å²) in [7, 11) is 0. The summed E-state index contributed by atoms with van der Waals surface area (Å²) < 4.78 is -1.59. The third-order valence-electron chi connectivity index (χ3n) is 0.694. The van der Waals surface area contributed by atoms with Crippen molar-refractivity contribution in [1.82, 2.24) is 0 Å². The molecule has 0 fully saturated rings. The fourth-order valence-electron chi connectivity index (χ4n) is 0. The SMILES string of the molecule is CC(C)(O)C(Cl)(Cl)Cl.O.O.O.O. The second-order valence-electron chi connectivity index (χ2n) is 2.06. The Labute approximate surface area is 85.5 Å². The highest BCUT2D eigenvalue weighted by atomic mass is 35.6. The van der Waals surface area contributed by atoms with E-state index in [0.717, 1.165) is 0 Å². The molecule has 0 saturated heterocycles. The van der Waals surface area contributed by atoms with E-state index in [9.17, 15) is 0 Å². The lowest BCUT2D eigenvalue weighted by Gasteiger charge is -2.25. The van der Waals surface area contributed by atoms with Crippen LogP contribution in [0.2, 0.25) is 0 Å². The summed E-state index contributed by atoms with van der Waals surface area (Å²) >= 11 is 15.9. The third kappa shape index (κ3) is 10.7. The van der Waals surface area contributed by atoms with E-state index in [4.69, 9.17) is 39.9 Å². The largest absolute Gasteiger partial charge is 0.412 e. The van der Waals surface area contributed by atoms with Crippen LogP contribution in [0.15, 0.2) is 0 Å². The lowest BCUT2D eigenvalue weighted by atomic mass is 10.2. The van der Waals surface area contributed by atoms with E-state index in [1.165, 1.54) is 13.8 Å². The summed E-state index contributed by atoms with van der Waals surface area (Å²) in [5.41, 5.74) is -1.27. The first kappa shape index (κ1) is 29.3. The molecule has 0 aliphatic carbocycles. The molecule has 0 rings (SSSR count). The molecule has 8 heteroatoms. The average Bonchev–Trinajstić information content (AvgIpc) is 1.25. The summed E-state index contributed by atoms with van der Waals surface area (Å²) in [6.07, 6.45) is 0. The first-order valence-corrected chi connectivity index (χ1v) is 3.17. The van der Waals surface area contributed by atoms with Crippen LogP contribution in [0.3, 0.4) is 0 Å². The Balaban J connectivity index is -0.0000000408. The monoisotopic (exact) mass is 248 g/mol. The molecule has 0 saturated carbocycles. The Morgan fingerprint density at radius 3 is 0.917 bits per heavy atom. The van der Waals surface area contributed by atoms with Crippen LogP contribution in [0.1, 0.15) is 13.8 Å². The number of aliphatic hydroxyl groups is 1. The van der Waals surface area contributed by atoms with Gasteiger partial charge >= 0.3 is 0 Å². The maximum absolute atomic E-state index is 8.96. The van der Waals surface area contributed by atoms with Crippen LogP contribution in [0.4, 0.5) is 0 Å². The van der Waals surface area contributed by atoms with Gasteiger partial charge in [0.05, 0.1) is 0 Å². The number of alkyl halides is 3. The van der Waals surface area contributed by atoms with Crippen LogP contribution in [-0.4, -0.2) is 36.4 Å². The lowest BCUT2D eigenvalue weighted by Crippen LogP contribution is -2.35. The summed E-state index contributed by atoms with van der Waals surface area (Å²) in [4.78, 5) is 0. The van der Waals surface area contributed by atoms with Gasteiger partial charge in [0.2, 0.25) is 3.79 Å². The zero-order valence-electron chi connectivity index (χ0n) is 6.58. The molecular weight excluding hydrogens is 234 g/mol. The fourth-order valence-corrected chi connectivity index (χ4v) is 0. The zero-order chi connectivity index (χ0) is 7.00. The molecule has 0 amide bonds. The molecule has 0 aromatic heterocycles. The number of halogens is 3. The summed E-state index contributed by atoms with van der Waals surface area (Å²) in [5, 5.41) is 8.96. The first-order chi connectivity index (χ1) is 3.25. The van der Waals surface area contributed by atoms with Crippen molar-refractivity contribution in [2.24, 2.45) is 0 Å². The van der Waals surface area contributed by atoms with Gasteiger partial charge in [0, 0.05) is 0 Å². The minimum Gasteiger partial charge on any atom is -0.412 e. The van der Waals surface area contributed by atoms with E-state index in [2.05, 4.69) is 0 Å². The molecule has 9 N–H and O–H groups in total. The van der Waals surface area contributed by atoms with Gasteiger partial charge in [-0.05, 0) is 13.8 Å². The third-order valence-corrected chi connectivity index (χ3v) is 2.08. The normalized spacial score (nSPS) is 9.50. The molecule has 0 aliphatic rings. The predicted octanol–water partition coefficient (Wildman–Crippen LogP) is -1.17. The molecule has 0 bridgehead atoms. The molecule has 0 aromatic rings. The zero-order valence-corrected chi connectivity index (χ0v) is 8.85. The van der Waals surface area contributed by atoms with Crippen LogP contribution in [-0.2, 0) is 0 Å². The predicted molar refractivity (Wildman–Crippen MR) is 51.0 cm³/mol. The van der Waals surface area contributed by atoms with Crippen molar-refractivity contribution >= 4 is 34.8 Å². The molecule has 12 heavy (non-hydrogen) atoms.